The normalized spacial score (nSPS) is 11.2. The highest BCUT2D eigenvalue weighted by Gasteiger charge is 2.12. The Morgan fingerprint density at radius 3 is 2.74 bits per heavy atom. The van der Waals surface area contributed by atoms with Gasteiger partial charge in [0.05, 0.1) is 23.5 Å². The number of imidazole rings is 1. The number of hydrogen-bond donors (Lipinski definition) is 0. The second kappa shape index (κ2) is 6.15. The van der Waals surface area contributed by atoms with Crippen LogP contribution in [0.25, 0.3) is 5.69 Å². The number of rotatable bonds is 5. The number of aryl methyl sites for hydroxylation is 1. The third kappa shape index (κ3) is 2.95. The van der Waals surface area contributed by atoms with Gasteiger partial charge in [0.15, 0.2) is 0 Å². The molecule has 2 aromatic rings. The molecule has 0 aliphatic carbocycles. The molecule has 2 heterocycles. The zero-order chi connectivity index (χ0) is 13.8. The van der Waals surface area contributed by atoms with E-state index in [2.05, 4.69) is 35.7 Å². The van der Waals surface area contributed by atoms with E-state index >= 15 is 0 Å². The Morgan fingerprint density at radius 2 is 2.11 bits per heavy atom. The van der Waals surface area contributed by atoms with Crippen molar-refractivity contribution >= 4 is 11.6 Å². The number of aromatic nitrogens is 4. The largest absolute Gasteiger partial charge is 0.300 e. The van der Waals surface area contributed by atoms with Crippen molar-refractivity contribution in [1.29, 1.82) is 0 Å². The molecule has 102 valence electrons. The Morgan fingerprint density at radius 1 is 1.32 bits per heavy atom. The molecule has 0 bridgehead atoms. The van der Waals surface area contributed by atoms with Crippen LogP contribution >= 0.6 is 11.6 Å². The first-order valence-electron chi connectivity index (χ1n) is 6.61. The van der Waals surface area contributed by atoms with Gasteiger partial charge in [-0.25, -0.2) is 15.0 Å². The van der Waals surface area contributed by atoms with Crippen LogP contribution in [0.1, 0.15) is 50.5 Å². The first-order valence-corrected chi connectivity index (χ1v) is 7.15. The smallest absolute Gasteiger partial charge is 0.131 e. The Balaban J connectivity index is 2.46. The Hall–Kier alpha value is -1.42. The highest BCUT2D eigenvalue weighted by molar-refractivity contribution is 6.17. The van der Waals surface area contributed by atoms with E-state index in [0.717, 1.165) is 35.9 Å². The van der Waals surface area contributed by atoms with Crippen molar-refractivity contribution in [2.75, 3.05) is 0 Å². The van der Waals surface area contributed by atoms with Crippen LogP contribution in [-0.4, -0.2) is 19.5 Å². The van der Waals surface area contributed by atoms with Gasteiger partial charge in [0.2, 0.25) is 0 Å². The van der Waals surface area contributed by atoms with Crippen molar-refractivity contribution in [3.8, 4) is 5.69 Å². The van der Waals surface area contributed by atoms with E-state index in [9.17, 15) is 0 Å². The molecule has 19 heavy (non-hydrogen) atoms. The highest BCUT2D eigenvalue weighted by atomic mass is 35.5. The van der Waals surface area contributed by atoms with Gasteiger partial charge < -0.3 is 4.57 Å². The number of alkyl halides is 1. The molecule has 2 aromatic heterocycles. The molecular formula is C14H19ClN4. The maximum absolute atomic E-state index is 6.03. The fourth-order valence-corrected chi connectivity index (χ4v) is 2.16. The monoisotopic (exact) mass is 278 g/mol. The Kier molecular flexibility index (Phi) is 4.53. The van der Waals surface area contributed by atoms with Crippen LogP contribution in [0, 0.1) is 0 Å². The zero-order valence-corrected chi connectivity index (χ0v) is 12.4. The van der Waals surface area contributed by atoms with E-state index < -0.39 is 0 Å². The van der Waals surface area contributed by atoms with Gasteiger partial charge in [-0.2, -0.15) is 0 Å². The summed E-state index contributed by atoms with van der Waals surface area (Å²) in [5.74, 6) is 2.53. The quantitative estimate of drug-likeness (QED) is 0.787. The van der Waals surface area contributed by atoms with E-state index in [-0.39, 0.29) is 0 Å². The fraction of sp³-hybridized carbons (Fsp3) is 0.500. The fourth-order valence-electron chi connectivity index (χ4n) is 1.97. The molecule has 0 unspecified atom stereocenters. The maximum atomic E-state index is 6.03. The molecule has 5 heteroatoms. The van der Waals surface area contributed by atoms with E-state index in [1.807, 2.05) is 17.0 Å². The first-order chi connectivity index (χ1) is 9.17. The van der Waals surface area contributed by atoms with Crippen molar-refractivity contribution in [2.45, 2.75) is 45.4 Å². The zero-order valence-electron chi connectivity index (χ0n) is 11.6. The van der Waals surface area contributed by atoms with Gasteiger partial charge in [-0.1, -0.05) is 20.8 Å². The van der Waals surface area contributed by atoms with Gasteiger partial charge in [0.25, 0.3) is 0 Å². The Bertz CT molecular complexity index is 548. The van der Waals surface area contributed by atoms with Crippen molar-refractivity contribution in [3.05, 3.63) is 35.9 Å². The predicted molar refractivity (Wildman–Crippen MR) is 76.8 cm³/mol. The van der Waals surface area contributed by atoms with E-state index in [0.29, 0.717) is 11.8 Å². The minimum Gasteiger partial charge on any atom is -0.300 e. The van der Waals surface area contributed by atoms with Crippen LogP contribution in [0.5, 0.6) is 0 Å². The van der Waals surface area contributed by atoms with Crippen molar-refractivity contribution in [2.24, 2.45) is 0 Å². The summed E-state index contributed by atoms with van der Waals surface area (Å²) in [6.07, 6.45) is 7.58. The minimum absolute atomic E-state index is 0.300. The number of halogens is 1. The molecule has 0 amide bonds. The molecule has 2 rings (SSSR count). The third-order valence-corrected chi connectivity index (χ3v) is 3.21. The van der Waals surface area contributed by atoms with Gasteiger partial charge in [-0.05, 0) is 6.42 Å². The van der Waals surface area contributed by atoms with Gasteiger partial charge in [0, 0.05) is 24.7 Å². The number of hydrogen-bond acceptors (Lipinski definition) is 3. The second-order valence-electron chi connectivity index (χ2n) is 4.81. The summed E-state index contributed by atoms with van der Waals surface area (Å²) < 4.78 is 2.03. The van der Waals surface area contributed by atoms with Crippen molar-refractivity contribution < 1.29 is 0 Å². The summed E-state index contributed by atoms with van der Waals surface area (Å²) >= 11 is 6.03. The maximum Gasteiger partial charge on any atom is 0.131 e. The summed E-state index contributed by atoms with van der Waals surface area (Å²) in [6, 6.07) is 0. The van der Waals surface area contributed by atoms with Crippen molar-refractivity contribution in [3.63, 3.8) is 0 Å². The first kappa shape index (κ1) is 14.0. The standard InChI is InChI=1S/C14H19ClN4/c1-4-5-13-16-6-7-19(13)12-9-17-14(10(2)3)18-11(12)8-15/h6-7,9-10H,4-5,8H2,1-3H3. The second-order valence-corrected chi connectivity index (χ2v) is 5.08. The predicted octanol–water partition coefficient (Wildman–Crippen LogP) is 3.48. The van der Waals surface area contributed by atoms with Gasteiger partial charge in [-0.3, -0.25) is 0 Å². The third-order valence-electron chi connectivity index (χ3n) is 2.96. The summed E-state index contributed by atoms with van der Waals surface area (Å²) in [4.78, 5) is 13.4. The molecular weight excluding hydrogens is 260 g/mol. The lowest BCUT2D eigenvalue weighted by Crippen LogP contribution is -2.08. The van der Waals surface area contributed by atoms with Crippen molar-refractivity contribution in [1.82, 2.24) is 19.5 Å². The topological polar surface area (TPSA) is 43.6 Å². The lowest BCUT2D eigenvalue weighted by molar-refractivity contribution is 0.748. The van der Waals surface area contributed by atoms with E-state index in [1.54, 1.807) is 6.20 Å². The summed E-state index contributed by atoms with van der Waals surface area (Å²) in [5.41, 5.74) is 1.79. The molecule has 0 aliphatic heterocycles. The lowest BCUT2D eigenvalue weighted by atomic mass is 10.2. The molecule has 0 saturated heterocycles. The molecule has 0 N–H and O–H groups in total. The highest BCUT2D eigenvalue weighted by Crippen LogP contribution is 2.19. The lowest BCUT2D eigenvalue weighted by Gasteiger charge is -2.12. The average Bonchev–Trinajstić information content (AvgIpc) is 2.86. The van der Waals surface area contributed by atoms with E-state index in [1.165, 1.54) is 0 Å². The summed E-state index contributed by atoms with van der Waals surface area (Å²) in [6.45, 7) is 6.29. The van der Waals surface area contributed by atoms with Gasteiger partial charge in [-0.15, -0.1) is 11.6 Å². The molecule has 0 aromatic carbocycles. The molecule has 0 radical (unpaired) electrons. The molecule has 0 spiro atoms. The molecule has 4 nitrogen and oxygen atoms in total. The minimum atomic E-state index is 0.300. The summed E-state index contributed by atoms with van der Waals surface area (Å²) in [5, 5.41) is 0. The summed E-state index contributed by atoms with van der Waals surface area (Å²) in [7, 11) is 0. The number of nitrogens with zero attached hydrogens (tertiary/aromatic N) is 4. The molecule has 0 saturated carbocycles. The van der Waals surface area contributed by atoms with Crippen LogP contribution in [0.2, 0.25) is 0 Å². The molecule has 0 aliphatic rings. The molecule has 0 fully saturated rings. The van der Waals surface area contributed by atoms with Gasteiger partial charge in [0.1, 0.15) is 11.6 Å². The van der Waals surface area contributed by atoms with Crippen LogP contribution in [0.3, 0.4) is 0 Å². The van der Waals surface area contributed by atoms with Gasteiger partial charge >= 0.3 is 0 Å². The SMILES string of the molecule is CCCc1nccn1-c1cnc(C(C)C)nc1CCl. The molecule has 0 atom stereocenters. The van der Waals surface area contributed by atoms with Crippen LogP contribution in [-0.2, 0) is 12.3 Å². The average molecular weight is 279 g/mol. The van der Waals surface area contributed by atoms with Crippen LogP contribution in [0.15, 0.2) is 18.6 Å². The Labute approximate surface area is 118 Å². The van der Waals surface area contributed by atoms with Crippen LogP contribution < -0.4 is 0 Å². The van der Waals surface area contributed by atoms with E-state index in [4.69, 9.17) is 11.6 Å². The van der Waals surface area contributed by atoms with Crippen LogP contribution in [0.4, 0.5) is 0 Å².